The van der Waals surface area contributed by atoms with Gasteiger partial charge < -0.3 is 9.52 Å². The van der Waals surface area contributed by atoms with Crippen molar-refractivity contribution in [2.45, 2.75) is 0 Å². The van der Waals surface area contributed by atoms with E-state index in [1.54, 1.807) is 0 Å². The largest absolute Gasteiger partial charge is 0.464 e. The van der Waals surface area contributed by atoms with Crippen molar-refractivity contribution in [3.05, 3.63) is 12.6 Å². The van der Waals surface area contributed by atoms with E-state index in [9.17, 15) is 4.79 Å². The van der Waals surface area contributed by atoms with Gasteiger partial charge in [-0.1, -0.05) is 0 Å². The summed E-state index contributed by atoms with van der Waals surface area (Å²) in [5, 5.41) is 8.08. The lowest BCUT2D eigenvalue weighted by Crippen LogP contribution is -2.26. The minimum absolute atomic E-state index is 0.252. The number of nitrogens with zero attached hydrogens (tertiary/aromatic N) is 1. The van der Waals surface area contributed by atoms with Crippen molar-refractivity contribution in [1.82, 2.24) is 10.4 Å². The lowest BCUT2D eigenvalue weighted by atomic mass is 10.8. The van der Waals surface area contributed by atoms with Gasteiger partial charge in [0.2, 0.25) is 5.88 Å². The summed E-state index contributed by atoms with van der Waals surface area (Å²) in [6, 6.07) is 0. The maximum Gasteiger partial charge on any atom is 0.423 e. The SMILES string of the molecule is O=C(O)NNc1cnco1. The Morgan fingerprint density at radius 1 is 1.80 bits per heavy atom. The predicted molar refractivity (Wildman–Crippen MR) is 31.3 cm³/mol. The second-order valence-electron chi connectivity index (χ2n) is 1.42. The van der Waals surface area contributed by atoms with Gasteiger partial charge >= 0.3 is 6.09 Å². The minimum atomic E-state index is -1.18. The fourth-order valence-corrected chi connectivity index (χ4v) is 0.393. The molecular weight excluding hydrogens is 138 g/mol. The van der Waals surface area contributed by atoms with Crippen LogP contribution >= 0.6 is 0 Å². The highest BCUT2D eigenvalue weighted by Gasteiger charge is 1.95. The van der Waals surface area contributed by atoms with E-state index in [2.05, 4.69) is 14.8 Å². The van der Waals surface area contributed by atoms with Gasteiger partial charge in [0.25, 0.3) is 0 Å². The molecule has 54 valence electrons. The molecule has 1 aromatic heterocycles. The maximum absolute atomic E-state index is 9.86. The maximum atomic E-state index is 9.86. The van der Waals surface area contributed by atoms with E-state index in [4.69, 9.17) is 5.11 Å². The van der Waals surface area contributed by atoms with Crippen LogP contribution in [0.1, 0.15) is 0 Å². The molecular formula is C4H5N3O3. The average molecular weight is 143 g/mol. The molecule has 1 rings (SSSR count). The van der Waals surface area contributed by atoms with Crippen LogP contribution in [0.3, 0.4) is 0 Å². The highest BCUT2D eigenvalue weighted by Crippen LogP contribution is 1.99. The number of nitrogens with one attached hydrogen (secondary N) is 2. The van der Waals surface area contributed by atoms with Crippen molar-refractivity contribution in [3.8, 4) is 0 Å². The lowest BCUT2D eigenvalue weighted by molar-refractivity contribution is 0.196. The summed E-state index contributed by atoms with van der Waals surface area (Å²) in [6.45, 7) is 0. The van der Waals surface area contributed by atoms with Crippen molar-refractivity contribution in [1.29, 1.82) is 0 Å². The Bertz CT molecular complexity index is 208. The van der Waals surface area contributed by atoms with Crippen LogP contribution in [-0.2, 0) is 0 Å². The van der Waals surface area contributed by atoms with Gasteiger partial charge in [0.05, 0.1) is 6.20 Å². The van der Waals surface area contributed by atoms with Gasteiger partial charge in [0.15, 0.2) is 6.39 Å². The van der Waals surface area contributed by atoms with Crippen molar-refractivity contribution in [2.75, 3.05) is 5.43 Å². The molecule has 0 atom stereocenters. The van der Waals surface area contributed by atoms with Gasteiger partial charge in [0.1, 0.15) is 0 Å². The van der Waals surface area contributed by atoms with Gasteiger partial charge in [-0.25, -0.2) is 15.2 Å². The number of amides is 1. The molecule has 0 unspecified atom stereocenters. The van der Waals surface area contributed by atoms with E-state index >= 15 is 0 Å². The summed E-state index contributed by atoms with van der Waals surface area (Å²) in [5.41, 5.74) is 4.13. The van der Waals surface area contributed by atoms with Crippen LogP contribution in [0.5, 0.6) is 0 Å². The summed E-state index contributed by atoms with van der Waals surface area (Å²) >= 11 is 0. The Balaban J connectivity index is 2.35. The third-order valence-electron chi connectivity index (χ3n) is 0.725. The minimum Gasteiger partial charge on any atom is -0.464 e. The summed E-state index contributed by atoms with van der Waals surface area (Å²) < 4.78 is 4.64. The molecule has 1 amide bonds. The summed E-state index contributed by atoms with van der Waals surface area (Å²) in [7, 11) is 0. The molecule has 3 N–H and O–H groups in total. The van der Waals surface area contributed by atoms with E-state index in [-0.39, 0.29) is 5.88 Å². The summed E-state index contributed by atoms with van der Waals surface area (Å²) in [4.78, 5) is 13.4. The number of hydrazine groups is 1. The average Bonchev–Trinajstić information content (AvgIpc) is 2.34. The van der Waals surface area contributed by atoms with Crippen molar-refractivity contribution < 1.29 is 14.3 Å². The number of carbonyl (C=O) groups is 1. The van der Waals surface area contributed by atoms with Crippen LogP contribution in [0.2, 0.25) is 0 Å². The number of hydrogen-bond acceptors (Lipinski definition) is 4. The van der Waals surface area contributed by atoms with Gasteiger partial charge in [0, 0.05) is 0 Å². The monoisotopic (exact) mass is 143 g/mol. The smallest absolute Gasteiger partial charge is 0.423 e. The molecule has 6 nitrogen and oxygen atoms in total. The fraction of sp³-hybridized carbons (Fsp3) is 0. The molecule has 6 heteroatoms. The molecule has 0 aliphatic heterocycles. The normalized spacial score (nSPS) is 8.80. The van der Waals surface area contributed by atoms with Crippen LogP contribution in [-0.4, -0.2) is 16.2 Å². The third kappa shape index (κ3) is 1.66. The summed E-state index contributed by atoms with van der Waals surface area (Å²) in [5.74, 6) is 0.252. The molecule has 10 heavy (non-hydrogen) atoms. The molecule has 1 heterocycles. The van der Waals surface area contributed by atoms with E-state index in [1.165, 1.54) is 12.6 Å². The van der Waals surface area contributed by atoms with Crippen LogP contribution in [0.4, 0.5) is 10.7 Å². The lowest BCUT2D eigenvalue weighted by Gasteiger charge is -1.97. The van der Waals surface area contributed by atoms with E-state index in [0.717, 1.165) is 0 Å². The second-order valence-corrected chi connectivity index (χ2v) is 1.42. The fourth-order valence-electron chi connectivity index (χ4n) is 0.393. The zero-order valence-electron chi connectivity index (χ0n) is 4.87. The van der Waals surface area contributed by atoms with Crippen LogP contribution in [0, 0.1) is 0 Å². The molecule has 0 aliphatic carbocycles. The standard InChI is InChI=1S/C4H5N3O3/c8-4(9)7-6-3-1-5-2-10-3/h1-2,6-7H,(H,8,9). The first-order valence-electron chi connectivity index (χ1n) is 2.42. The Morgan fingerprint density at radius 2 is 2.60 bits per heavy atom. The van der Waals surface area contributed by atoms with E-state index in [0.29, 0.717) is 0 Å². The zero-order chi connectivity index (χ0) is 7.40. The van der Waals surface area contributed by atoms with E-state index in [1.807, 2.05) is 5.43 Å². The van der Waals surface area contributed by atoms with Crippen molar-refractivity contribution in [2.24, 2.45) is 0 Å². The Labute approximate surface area is 55.8 Å². The Hall–Kier alpha value is -1.72. The molecule has 0 bridgehead atoms. The molecule has 0 aromatic carbocycles. The molecule has 1 aromatic rings. The van der Waals surface area contributed by atoms with Gasteiger partial charge in [-0.2, -0.15) is 0 Å². The predicted octanol–water partition coefficient (Wildman–Crippen LogP) is 0.269. The van der Waals surface area contributed by atoms with Crippen LogP contribution in [0.15, 0.2) is 17.0 Å². The highest BCUT2D eigenvalue weighted by molar-refractivity contribution is 5.65. The number of oxazole rings is 1. The van der Waals surface area contributed by atoms with Crippen LogP contribution in [0.25, 0.3) is 0 Å². The topological polar surface area (TPSA) is 87.4 Å². The Kier molecular flexibility index (Phi) is 1.74. The summed E-state index contributed by atoms with van der Waals surface area (Å²) in [6.07, 6.45) is 1.35. The number of anilines is 1. The van der Waals surface area contributed by atoms with E-state index < -0.39 is 6.09 Å². The Morgan fingerprint density at radius 3 is 3.10 bits per heavy atom. The quantitative estimate of drug-likeness (QED) is 0.517. The van der Waals surface area contributed by atoms with Crippen molar-refractivity contribution in [3.63, 3.8) is 0 Å². The number of hydrogen-bond donors (Lipinski definition) is 3. The molecule has 0 fully saturated rings. The first kappa shape index (κ1) is 6.40. The molecule has 0 radical (unpaired) electrons. The number of rotatable bonds is 2. The van der Waals surface area contributed by atoms with Crippen molar-refractivity contribution >= 4 is 12.0 Å². The van der Waals surface area contributed by atoms with Gasteiger partial charge in [-0.05, 0) is 0 Å². The second kappa shape index (κ2) is 2.72. The third-order valence-corrected chi connectivity index (χ3v) is 0.725. The molecule has 0 aliphatic rings. The zero-order valence-corrected chi connectivity index (χ0v) is 4.87. The molecule has 0 spiro atoms. The number of aromatic nitrogens is 1. The first-order valence-corrected chi connectivity index (χ1v) is 2.42. The van der Waals surface area contributed by atoms with Gasteiger partial charge in [-0.3, -0.25) is 5.43 Å². The molecule has 0 saturated heterocycles. The van der Waals surface area contributed by atoms with Gasteiger partial charge in [-0.15, -0.1) is 0 Å². The first-order chi connectivity index (χ1) is 4.79. The highest BCUT2D eigenvalue weighted by atomic mass is 16.4. The number of carboxylic acid groups (broad SMARTS) is 1. The molecule has 0 saturated carbocycles. The van der Waals surface area contributed by atoms with Crippen LogP contribution < -0.4 is 10.9 Å².